The second kappa shape index (κ2) is 11.0. The number of amides is 4. The Labute approximate surface area is 237 Å². The van der Waals surface area contributed by atoms with Gasteiger partial charge in [0.05, 0.1) is 11.1 Å². The van der Waals surface area contributed by atoms with Crippen LogP contribution >= 0.6 is 11.6 Å². The number of hydrogen-bond donors (Lipinski definition) is 1. The van der Waals surface area contributed by atoms with E-state index >= 15 is 0 Å². The second-order valence-corrected chi connectivity index (χ2v) is 11.0. The molecule has 3 aromatic carbocycles. The summed E-state index contributed by atoms with van der Waals surface area (Å²) >= 11 is 6.04. The largest absolute Gasteiger partial charge is 0.297 e. The zero-order valence-electron chi connectivity index (χ0n) is 21.9. The Morgan fingerprint density at radius 3 is 2.05 bits per heavy atom. The van der Waals surface area contributed by atoms with Gasteiger partial charge in [-0.2, -0.15) is 0 Å². The zero-order chi connectivity index (χ0) is 27.8. The molecule has 8 nitrogen and oxygen atoms in total. The molecule has 2 fully saturated rings. The maximum Gasteiger partial charge on any atom is 0.262 e. The van der Waals surface area contributed by atoms with Crippen molar-refractivity contribution < 1.29 is 19.2 Å². The Balaban J connectivity index is 1.06. The van der Waals surface area contributed by atoms with Crippen molar-refractivity contribution in [2.45, 2.75) is 32.0 Å². The Hall–Kier alpha value is -3.85. The molecule has 6 rings (SSSR count). The van der Waals surface area contributed by atoms with Crippen LogP contribution in [0.25, 0.3) is 11.1 Å². The van der Waals surface area contributed by atoms with E-state index < -0.39 is 23.8 Å². The first-order chi connectivity index (χ1) is 19.4. The number of hydrogen-bond acceptors (Lipinski definition) is 6. The highest BCUT2D eigenvalue weighted by atomic mass is 35.5. The normalized spacial score (nSPS) is 20.1. The van der Waals surface area contributed by atoms with E-state index in [-0.39, 0.29) is 18.7 Å². The highest BCUT2D eigenvalue weighted by Crippen LogP contribution is 2.29. The van der Waals surface area contributed by atoms with Gasteiger partial charge in [0.2, 0.25) is 11.8 Å². The molecule has 204 valence electrons. The van der Waals surface area contributed by atoms with Crippen molar-refractivity contribution in [3.63, 3.8) is 0 Å². The second-order valence-electron chi connectivity index (χ2n) is 10.6. The van der Waals surface area contributed by atoms with Crippen LogP contribution in [0.15, 0.2) is 66.7 Å². The van der Waals surface area contributed by atoms with Crippen molar-refractivity contribution in [1.82, 2.24) is 20.0 Å². The molecule has 2 saturated heterocycles. The van der Waals surface area contributed by atoms with E-state index in [1.54, 1.807) is 12.1 Å². The third kappa shape index (κ3) is 5.30. The van der Waals surface area contributed by atoms with Gasteiger partial charge in [-0.15, -0.1) is 0 Å². The van der Waals surface area contributed by atoms with Gasteiger partial charge in [0.1, 0.15) is 6.04 Å². The number of carbonyl (C=O) groups is 4. The molecular formula is C31H29ClN4O4. The first kappa shape index (κ1) is 26.4. The molecule has 1 unspecified atom stereocenters. The Bertz CT molecular complexity index is 1500. The highest BCUT2D eigenvalue weighted by Gasteiger charge is 2.44. The number of nitrogens with one attached hydrogen (secondary N) is 1. The number of benzene rings is 3. The molecule has 3 aliphatic rings. The van der Waals surface area contributed by atoms with E-state index in [1.807, 2.05) is 30.3 Å². The van der Waals surface area contributed by atoms with Crippen LogP contribution in [0, 0.1) is 0 Å². The SMILES string of the molecule is O=C1CCC(N2C(=O)c3ccc(CN4CCN(Cc5cccc(-c6ccc(Cl)cc6)c5)CC4)cc3C2=O)C(=O)N1. The van der Waals surface area contributed by atoms with Crippen LogP contribution < -0.4 is 5.32 Å². The molecule has 0 spiro atoms. The van der Waals surface area contributed by atoms with Crippen LogP contribution in [0.2, 0.25) is 5.02 Å². The van der Waals surface area contributed by atoms with Gasteiger partial charge in [-0.05, 0) is 59.0 Å². The fraction of sp³-hybridized carbons (Fsp3) is 0.290. The van der Waals surface area contributed by atoms with Gasteiger partial charge in [-0.1, -0.05) is 48.0 Å². The van der Waals surface area contributed by atoms with Crippen LogP contribution in [-0.2, 0) is 22.7 Å². The van der Waals surface area contributed by atoms with E-state index in [2.05, 4.69) is 39.4 Å². The van der Waals surface area contributed by atoms with E-state index in [0.717, 1.165) is 53.8 Å². The van der Waals surface area contributed by atoms with Gasteiger partial charge in [-0.25, -0.2) is 0 Å². The average Bonchev–Trinajstić information content (AvgIpc) is 3.19. The molecule has 0 radical (unpaired) electrons. The highest BCUT2D eigenvalue weighted by molar-refractivity contribution is 6.30. The Morgan fingerprint density at radius 2 is 1.38 bits per heavy atom. The summed E-state index contributed by atoms with van der Waals surface area (Å²) in [6.07, 6.45) is 0.257. The monoisotopic (exact) mass is 556 g/mol. The fourth-order valence-electron chi connectivity index (χ4n) is 5.73. The summed E-state index contributed by atoms with van der Waals surface area (Å²) < 4.78 is 0. The molecule has 0 aliphatic carbocycles. The van der Waals surface area contributed by atoms with Crippen molar-refractivity contribution in [3.8, 4) is 11.1 Å². The third-order valence-corrected chi connectivity index (χ3v) is 8.14. The lowest BCUT2D eigenvalue weighted by molar-refractivity contribution is -0.136. The Kier molecular flexibility index (Phi) is 7.23. The summed E-state index contributed by atoms with van der Waals surface area (Å²) in [5.41, 5.74) is 5.17. The quantitative estimate of drug-likeness (QED) is 0.465. The Morgan fingerprint density at radius 1 is 0.725 bits per heavy atom. The van der Waals surface area contributed by atoms with Crippen molar-refractivity contribution in [2.75, 3.05) is 26.2 Å². The van der Waals surface area contributed by atoms with Crippen LogP contribution in [0.4, 0.5) is 0 Å². The van der Waals surface area contributed by atoms with Crippen LogP contribution in [0.3, 0.4) is 0 Å². The number of piperazine rings is 1. The van der Waals surface area contributed by atoms with Crippen LogP contribution in [-0.4, -0.2) is 70.5 Å². The first-order valence-electron chi connectivity index (χ1n) is 13.5. The lowest BCUT2D eigenvalue weighted by atomic mass is 10.0. The third-order valence-electron chi connectivity index (χ3n) is 7.89. The molecule has 3 aliphatic heterocycles. The number of rotatable bonds is 6. The number of fused-ring (bicyclic) bond motifs is 1. The van der Waals surface area contributed by atoms with E-state index in [1.165, 1.54) is 11.1 Å². The molecule has 4 amide bonds. The first-order valence-corrected chi connectivity index (χ1v) is 13.9. The lowest BCUT2D eigenvalue weighted by Crippen LogP contribution is -2.54. The van der Waals surface area contributed by atoms with Crippen LogP contribution in [0.5, 0.6) is 0 Å². The molecule has 40 heavy (non-hydrogen) atoms. The number of halogens is 1. The maximum atomic E-state index is 13.1. The summed E-state index contributed by atoms with van der Waals surface area (Å²) in [5, 5.41) is 2.96. The lowest BCUT2D eigenvalue weighted by Gasteiger charge is -2.34. The van der Waals surface area contributed by atoms with Crippen molar-refractivity contribution in [2.24, 2.45) is 0 Å². The number of carbonyl (C=O) groups excluding carboxylic acids is 4. The van der Waals surface area contributed by atoms with Crippen molar-refractivity contribution in [3.05, 3.63) is 94.0 Å². The smallest absolute Gasteiger partial charge is 0.262 e. The van der Waals surface area contributed by atoms with E-state index in [4.69, 9.17) is 11.6 Å². The molecule has 3 aromatic rings. The van der Waals surface area contributed by atoms with Crippen LogP contribution in [0.1, 0.15) is 44.7 Å². The van der Waals surface area contributed by atoms with E-state index in [9.17, 15) is 19.2 Å². The summed E-state index contributed by atoms with van der Waals surface area (Å²) in [7, 11) is 0. The molecule has 9 heteroatoms. The molecule has 0 aromatic heterocycles. The van der Waals surface area contributed by atoms with Gasteiger partial charge in [0.25, 0.3) is 11.8 Å². The van der Waals surface area contributed by atoms with Crippen molar-refractivity contribution >= 4 is 35.2 Å². The summed E-state index contributed by atoms with van der Waals surface area (Å²) in [6.45, 7) is 5.19. The predicted molar refractivity (Wildman–Crippen MR) is 151 cm³/mol. The summed E-state index contributed by atoms with van der Waals surface area (Å²) in [6, 6.07) is 20.9. The fourth-order valence-corrected chi connectivity index (χ4v) is 5.86. The van der Waals surface area contributed by atoms with Gasteiger partial charge >= 0.3 is 0 Å². The average molecular weight is 557 g/mol. The van der Waals surface area contributed by atoms with Gasteiger partial charge in [0, 0.05) is 50.7 Å². The zero-order valence-corrected chi connectivity index (χ0v) is 22.7. The van der Waals surface area contributed by atoms with E-state index in [0.29, 0.717) is 17.7 Å². The molecule has 0 bridgehead atoms. The van der Waals surface area contributed by atoms with Gasteiger partial charge < -0.3 is 0 Å². The minimum atomic E-state index is -0.950. The molecule has 1 atom stereocenters. The molecular weight excluding hydrogens is 528 g/mol. The van der Waals surface area contributed by atoms with Gasteiger partial charge in [0.15, 0.2) is 0 Å². The predicted octanol–water partition coefficient (Wildman–Crippen LogP) is 3.73. The standard InChI is InChI=1S/C31H29ClN4O4/c32-24-7-5-22(6-8-24)23-3-1-2-20(16-23)18-34-12-14-35(15-13-34)19-21-4-9-25-26(17-21)31(40)36(30(25)39)27-10-11-28(37)33-29(27)38/h1-9,16-17,27H,10-15,18-19H2,(H,33,37,38). The molecule has 0 saturated carbocycles. The topological polar surface area (TPSA) is 90.0 Å². The number of imide groups is 2. The minimum absolute atomic E-state index is 0.106. The summed E-state index contributed by atoms with van der Waals surface area (Å²) in [4.78, 5) is 55.7. The number of nitrogens with zero attached hydrogens (tertiary/aromatic N) is 3. The van der Waals surface area contributed by atoms with Crippen molar-refractivity contribution in [1.29, 1.82) is 0 Å². The minimum Gasteiger partial charge on any atom is -0.297 e. The molecule has 1 N–H and O–H groups in total. The molecule has 3 heterocycles. The van der Waals surface area contributed by atoms with Gasteiger partial charge in [-0.3, -0.25) is 39.2 Å². The summed E-state index contributed by atoms with van der Waals surface area (Å²) in [5.74, 6) is -1.93. The number of piperidine rings is 1. The maximum absolute atomic E-state index is 13.1.